The first-order valence-corrected chi connectivity index (χ1v) is 15.6. The van der Waals surface area contributed by atoms with E-state index in [9.17, 15) is 19.5 Å². The summed E-state index contributed by atoms with van der Waals surface area (Å²) in [5, 5.41) is 21.4. The maximum Gasteiger partial charge on any atom is 0.335 e. The molecule has 3 N–H and O–H groups in total. The van der Waals surface area contributed by atoms with Crippen LogP contribution in [0.3, 0.4) is 0 Å². The van der Waals surface area contributed by atoms with Crippen LogP contribution in [0.2, 0.25) is 5.02 Å². The van der Waals surface area contributed by atoms with Crippen molar-refractivity contribution in [2.75, 3.05) is 6.54 Å². The number of aromatic nitrogens is 2. The number of benzene rings is 4. The van der Waals surface area contributed by atoms with E-state index in [1.807, 2.05) is 16.7 Å². The average molecular weight is 693 g/mol. The standard InChI is InChI=1S/C36H31ClFN3O6.ClH/c37-25-10-6-21(7-11-25)28-13-8-22(35(44)39-19-33(42)43)16-24(28)20-47-27-12-14-29(30(38)18-27)34-40-31-17-23(36(45)46)9-15-32(31)41(34)26-4-2-1-3-5-26;/h6-18,26H,1-5,19-20H2,(H,39,44)(H,42,43)(H,45,46);1H. The van der Waals surface area contributed by atoms with Crippen molar-refractivity contribution in [3.8, 4) is 28.3 Å². The summed E-state index contributed by atoms with van der Waals surface area (Å²) in [7, 11) is 0. The fourth-order valence-corrected chi connectivity index (χ4v) is 6.21. The van der Waals surface area contributed by atoms with E-state index in [0.29, 0.717) is 21.9 Å². The van der Waals surface area contributed by atoms with E-state index in [4.69, 9.17) is 26.4 Å². The SMILES string of the molecule is Cl.O=C(O)CNC(=O)c1ccc(-c2ccc(Cl)cc2)c(COc2ccc(-c3nc4cc(C(=O)O)ccc4n3C3CCCCC3)c(F)c2)c1. The van der Waals surface area contributed by atoms with Crippen LogP contribution in [0, 0.1) is 5.82 Å². The van der Waals surface area contributed by atoms with Crippen LogP contribution in [0.1, 0.15) is 64.4 Å². The summed E-state index contributed by atoms with van der Waals surface area (Å²) in [5.41, 5.74) is 4.09. The monoisotopic (exact) mass is 691 g/mol. The Morgan fingerprint density at radius 2 is 1.60 bits per heavy atom. The minimum atomic E-state index is -1.16. The van der Waals surface area contributed by atoms with Crippen molar-refractivity contribution in [3.05, 3.63) is 106 Å². The van der Waals surface area contributed by atoms with Crippen molar-refractivity contribution in [1.29, 1.82) is 0 Å². The van der Waals surface area contributed by atoms with Crippen LogP contribution in [0.5, 0.6) is 5.75 Å². The molecular formula is C36H32Cl2FN3O6. The van der Waals surface area contributed by atoms with E-state index in [2.05, 4.69) is 5.32 Å². The van der Waals surface area contributed by atoms with Gasteiger partial charge in [0.25, 0.3) is 5.91 Å². The number of carboxylic acids is 2. The molecule has 48 heavy (non-hydrogen) atoms. The fourth-order valence-electron chi connectivity index (χ4n) is 6.08. The number of rotatable bonds is 10. The second-order valence-corrected chi connectivity index (χ2v) is 11.9. The molecule has 1 heterocycles. The normalized spacial score (nSPS) is 13.1. The van der Waals surface area contributed by atoms with Crippen molar-refractivity contribution in [2.24, 2.45) is 0 Å². The molecule has 1 aromatic heterocycles. The number of aliphatic carboxylic acids is 1. The van der Waals surface area contributed by atoms with Gasteiger partial charge in [0.2, 0.25) is 0 Å². The summed E-state index contributed by atoms with van der Waals surface area (Å²) in [6.07, 6.45) is 5.08. The van der Waals surface area contributed by atoms with Crippen molar-refractivity contribution >= 4 is 52.9 Å². The molecule has 1 aliphatic rings. The van der Waals surface area contributed by atoms with E-state index in [1.54, 1.807) is 54.6 Å². The molecule has 0 bridgehead atoms. The van der Waals surface area contributed by atoms with Crippen LogP contribution in [-0.2, 0) is 11.4 Å². The average Bonchev–Trinajstić information content (AvgIpc) is 3.45. The van der Waals surface area contributed by atoms with E-state index in [-0.39, 0.29) is 47.5 Å². The number of amides is 1. The Morgan fingerprint density at radius 1 is 0.896 bits per heavy atom. The zero-order valence-electron chi connectivity index (χ0n) is 25.6. The minimum absolute atomic E-state index is 0. The van der Waals surface area contributed by atoms with Crippen LogP contribution in [0.25, 0.3) is 33.5 Å². The van der Waals surface area contributed by atoms with Gasteiger partial charge < -0.3 is 24.8 Å². The molecular weight excluding hydrogens is 660 g/mol. The van der Waals surface area contributed by atoms with Gasteiger partial charge in [-0.2, -0.15) is 0 Å². The smallest absolute Gasteiger partial charge is 0.335 e. The highest BCUT2D eigenvalue weighted by atomic mass is 35.5. The molecule has 0 atom stereocenters. The number of carbonyl (C=O) groups is 3. The van der Waals surface area contributed by atoms with E-state index in [1.165, 1.54) is 12.1 Å². The number of aromatic carboxylic acids is 1. The van der Waals surface area contributed by atoms with Crippen LogP contribution in [0.15, 0.2) is 78.9 Å². The third-order valence-electron chi connectivity index (χ3n) is 8.37. The van der Waals surface area contributed by atoms with Gasteiger partial charge in [0.1, 0.15) is 30.5 Å². The number of fused-ring (bicyclic) bond motifs is 1. The molecule has 0 unspecified atom stereocenters. The Balaban J connectivity index is 0.00000451. The number of hydrogen-bond donors (Lipinski definition) is 3. The van der Waals surface area contributed by atoms with Crippen LogP contribution in [-0.4, -0.2) is 44.2 Å². The second kappa shape index (κ2) is 14.9. The van der Waals surface area contributed by atoms with Gasteiger partial charge in [0.15, 0.2) is 0 Å². The molecule has 1 amide bonds. The number of nitrogens with one attached hydrogen (secondary N) is 1. The van der Waals surface area contributed by atoms with Crippen molar-refractivity contribution in [2.45, 2.75) is 44.8 Å². The first kappa shape index (κ1) is 34.4. The Kier molecular flexibility index (Phi) is 10.7. The van der Waals surface area contributed by atoms with Crippen molar-refractivity contribution < 1.29 is 33.7 Å². The lowest BCUT2D eigenvalue weighted by Gasteiger charge is -2.25. The maximum atomic E-state index is 15.9. The van der Waals surface area contributed by atoms with Crippen LogP contribution >= 0.6 is 24.0 Å². The molecule has 0 aliphatic heterocycles. The van der Waals surface area contributed by atoms with Gasteiger partial charge in [0.05, 0.1) is 22.2 Å². The van der Waals surface area contributed by atoms with Crippen molar-refractivity contribution in [1.82, 2.24) is 14.9 Å². The summed E-state index contributed by atoms with van der Waals surface area (Å²) in [5.74, 6) is -2.63. The third-order valence-corrected chi connectivity index (χ3v) is 8.63. The van der Waals surface area contributed by atoms with E-state index in [0.717, 1.165) is 48.7 Å². The topological polar surface area (TPSA) is 131 Å². The number of halogens is 3. The Labute approximate surface area is 286 Å². The number of imidazole rings is 1. The molecule has 1 aliphatic carbocycles. The highest BCUT2D eigenvalue weighted by Gasteiger charge is 2.25. The summed E-state index contributed by atoms with van der Waals surface area (Å²) in [6.45, 7) is -0.542. The lowest BCUT2D eigenvalue weighted by molar-refractivity contribution is -0.135. The molecule has 1 fully saturated rings. The Hall–Kier alpha value is -4.93. The number of ether oxygens (including phenoxy) is 1. The molecule has 0 radical (unpaired) electrons. The second-order valence-electron chi connectivity index (χ2n) is 11.5. The number of carbonyl (C=O) groups excluding carboxylic acids is 1. The summed E-state index contributed by atoms with van der Waals surface area (Å²) in [6, 6.07) is 21.6. The van der Waals surface area contributed by atoms with Gasteiger partial charge >= 0.3 is 11.9 Å². The van der Waals surface area contributed by atoms with Crippen molar-refractivity contribution in [3.63, 3.8) is 0 Å². The fraction of sp³-hybridized carbons (Fsp3) is 0.222. The Morgan fingerprint density at radius 3 is 2.29 bits per heavy atom. The summed E-state index contributed by atoms with van der Waals surface area (Å²) < 4.78 is 24.0. The molecule has 5 aromatic rings. The predicted octanol–water partition coefficient (Wildman–Crippen LogP) is 8.18. The minimum Gasteiger partial charge on any atom is -0.489 e. The number of hydrogen-bond acceptors (Lipinski definition) is 5. The molecule has 1 saturated carbocycles. The first-order valence-electron chi connectivity index (χ1n) is 15.2. The predicted molar refractivity (Wildman–Crippen MR) is 183 cm³/mol. The summed E-state index contributed by atoms with van der Waals surface area (Å²) in [4.78, 5) is 39.9. The van der Waals surface area contributed by atoms with Gasteiger partial charge in [-0.15, -0.1) is 12.4 Å². The Bertz CT molecular complexity index is 1990. The van der Waals surface area contributed by atoms with E-state index < -0.39 is 30.2 Å². The highest BCUT2D eigenvalue weighted by Crippen LogP contribution is 2.38. The van der Waals surface area contributed by atoms with Gasteiger partial charge in [-0.1, -0.05) is 49.1 Å². The highest BCUT2D eigenvalue weighted by molar-refractivity contribution is 6.30. The summed E-state index contributed by atoms with van der Waals surface area (Å²) >= 11 is 6.08. The molecule has 248 valence electrons. The molecule has 4 aromatic carbocycles. The molecule has 12 heteroatoms. The van der Waals surface area contributed by atoms with Gasteiger partial charge in [-0.05, 0) is 84.1 Å². The molecule has 9 nitrogen and oxygen atoms in total. The zero-order valence-corrected chi connectivity index (χ0v) is 27.2. The lowest BCUT2D eigenvalue weighted by atomic mass is 9.94. The van der Waals surface area contributed by atoms with Gasteiger partial charge in [-0.3, -0.25) is 9.59 Å². The number of nitrogens with zero attached hydrogens (tertiary/aromatic N) is 2. The first-order chi connectivity index (χ1) is 22.7. The van der Waals surface area contributed by atoms with Gasteiger partial charge in [0, 0.05) is 22.7 Å². The number of carboxylic acid groups (broad SMARTS) is 2. The molecule has 6 rings (SSSR count). The molecule has 0 saturated heterocycles. The van der Waals surface area contributed by atoms with Crippen LogP contribution in [0.4, 0.5) is 4.39 Å². The van der Waals surface area contributed by atoms with Crippen LogP contribution < -0.4 is 10.1 Å². The maximum absolute atomic E-state index is 15.9. The van der Waals surface area contributed by atoms with Gasteiger partial charge in [-0.25, -0.2) is 14.2 Å². The quantitative estimate of drug-likeness (QED) is 0.135. The lowest BCUT2D eigenvalue weighted by Crippen LogP contribution is -2.29. The zero-order chi connectivity index (χ0) is 33.1. The third kappa shape index (κ3) is 7.45. The molecule has 0 spiro atoms. The largest absolute Gasteiger partial charge is 0.489 e. The van der Waals surface area contributed by atoms with E-state index >= 15 is 4.39 Å².